The van der Waals surface area contributed by atoms with E-state index in [0.29, 0.717) is 13.2 Å². The highest BCUT2D eigenvalue weighted by Crippen LogP contribution is 2.27. The molecular weight excluding hydrogens is 224 g/mol. The van der Waals surface area contributed by atoms with Crippen LogP contribution < -0.4 is 5.32 Å². The zero-order valence-electron chi connectivity index (χ0n) is 10.2. The van der Waals surface area contributed by atoms with Crippen molar-refractivity contribution in [2.24, 2.45) is 0 Å². The quantitative estimate of drug-likeness (QED) is 0.706. The second-order valence-electron chi connectivity index (χ2n) is 3.63. The molecule has 1 aromatic rings. The van der Waals surface area contributed by atoms with Gasteiger partial charge in [-0.15, -0.1) is 11.3 Å². The van der Waals surface area contributed by atoms with E-state index in [2.05, 4.69) is 17.2 Å². The van der Waals surface area contributed by atoms with E-state index in [1.807, 2.05) is 11.6 Å². The van der Waals surface area contributed by atoms with E-state index in [9.17, 15) is 0 Å². The van der Waals surface area contributed by atoms with Gasteiger partial charge in [0.1, 0.15) is 5.01 Å². The van der Waals surface area contributed by atoms with Gasteiger partial charge in [-0.3, -0.25) is 0 Å². The van der Waals surface area contributed by atoms with Crippen LogP contribution in [0.2, 0.25) is 0 Å². The standard InChI is InChI=1S/C11H20N2O2S/c1-4-11(9-15-3,13-5-7-14-2)10-12-6-8-16-10/h6,8,13H,4-5,7,9H2,1-3H3. The van der Waals surface area contributed by atoms with E-state index in [1.165, 1.54) is 0 Å². The molecule has 0 fully saturated rings. The Morgan fingerprint density at radius 2 is 2.25 bits per heavy atom. The van der Waals surface area contributed by atoms with E-state index in [-0.39, 0.29) is 5.54 Å². The summed E-state index contributed by atoms with van der Waals surface area (Å²) in [5.41, 5.74) is -0.179. The Kier molecular flexibility index (Phi) is 5.90. The summed E-state index contributed by atoms with van der Waals surface area (Å²) < 4.78 is 10.4. The summed E-state index contributed by atoms with van der Waals surface area (Å²) in [5.74, 6) is 0. The predicted octanol–water partition coefficient (Wildman–Crippen LogP) is 1.63. The average Bonchev–Trinajstić information content (AvgIpc) is 2.82. The van der Waals surface area contributed by atoms with E-state index < -0.39 is 0 Å². The van der Waals surface area contributed by atoms with Gasteiger partial charge in [0, 0.05) is 32.3 Å². The molecule has 92 valence electrons. The Morgan fingerprint density at radius 3 is 2.75 bits per heavy atom. The monoisotopic (exact) mass is 244 g/mol. The first kappa shape index (κ1) is 13.6. The Balaban J connectivity index is 2.74. The van der Waals surface area contributed by atoms with Crippen LogP contribution in [-0.2, 0) is 15.0 Å². The van der Waals surface area contributed by atoms with Crippen LogP contribution in [0, 0.1) is 0 Å². The number of ether oxygens (including phenoxy) is 2. The number of rotatable bonds is 8. The fourth-order valence-electron chi connectivity index (χ4n) is 1.67. The SMILES string of the molecule is CCC(COC)(NCCOC)c1nccs1. The first-order chi connectivity index (χ1) is 7.79. The molecule has 0 saturated heterocycles. The minimum absolute atomic E-state index is 0.179. The number of hydrogen-bond acceptors (Lipinski definition) is 5. The summed E-state index contributed by atoms with van der Waals surface area (Å²) in [5, 5.41) is 6.56. The van der Waals surface area contributed by atoms with Crippen molar-refractivity contribution in [1.29, 1.82) is 0 Å². The number of nitrogens with zero attached hydrogens (tertiary/aromatic N) is 1. The Labute approximate surface area is 101 Å². The van der Waals surface area contributed by atoms with Gasteiger partial charge >= 0.3 is 0 Å². The van der Waals surface area contributed by atoms with E-state index in [0.717, 1.165) is 18.0 Å². The lowest BCUT2D eigenvalue weighted by Gasteiger charge is -2.31. The third kappa shape index (κ3) is 3.25. The molecule has 16 heavy (non-hydrogen) atoms. The third-order valence-corrected chi connectivity index (χ3v) is 3.58. The van der Waals surface area contributed by atoms with Gasteiger partial charge < -0.3 is 14.8 Å². The van der Waals surface area contributed by atoms with Gasteiger partial charge in [-0.2, -0.15) is 0 Å². The molecule has 0 aliphatic carbocycles. The van der Waals surface area contributed by atoms with E-state index in [1.54, 1.807) is 25.6 Å². The highest BCUT2D eigenvalue weighted by atomic mass is 32.1. The van der Waals surface area contributed by atoms with Crippen molar-refractivity contribution in [2.45, 2.75) is 18.9 Å². The van der Waals surface area contributed by atoms with Gasteiger partial charge in [0.2, 0.25) is 0 Å². The van der Waals surface area contributed by atoms with Crippen molar-refractivity contribution in [1.82, 2.24) is 10.3 Å². The maximum atomic E-state index is 5.32. The van der Waals surface area contributed by atoms with E-state index in [4.69, 9.17) is 9.47 Å². The Morgan fingerprint density at radius 1 is 1.44 bits per heavy atom. The van der Waals surface area contributed by atoms with Crippen LogP contribution in [0.1, 0.15) is 18.4 Å². The largest absolute Gasteiger partial charge is 0.383 e. The molecule has 0 aliphatic rings. The number of aromatic nitrogens is 1. The minimum atomic E-state index is -0.179. The van der Waals surface area contributed by atoms with Crippen LogP contribution >= 0.6 is 11.3 Å². The van der Waals surface area contributed by atoms with Crippen molar-refractivity contribution in [3.63, 3.8) is 0 Å². The lowest BCUT2D eigenvalue weighted by Crippen LogP contribution is -2.47. The fraction of sp³-hybridized carbons (Fsp3) is 0.727. The fourth-order valence-corrected chi connectivity index (χ4v) is 2.54. The van der Waals surface area contributed by atoms with Gasteiger partial charge in [-0.1, -0.05) is 6.92 Å². The second kappa shape index (κ2) is 6.96. The molecule has 0 aromatic carbocycles. The molecule has 1 aromatic heterocycles. The summed E-state index contributed by atoms with van der Waals surface area (Å²) in [6.45, 7) is 4.26. The van der Waals surface area contributed by atoms with Gasteiger partial charge in [0.15, 0.2) is 0 Å². The maximum Gasteiger partial charge on any atom is 0.115 e. The second-order valence-corrected chi connectivity index (χ2v) is 4.52. The maximum absolute atomic E-state index is 5.32. The summed E-state index contributed by atoms with van der Waals surface area (Å²) in [6.07, 6.45) is 2.77. The van der Waals surface area contributed by atoms with Crippen LogP contribution in [0.4, 0.5) is 0 Å². The third-order valence-electron chi connectivity index (χ3n) is 2.61. The average molecular weight is 244 g/mol. The van der Waals surface area contributed by atoms with Crippen molar-refractivity contribution in [3.8, 4) is 0 Å². The highest BCUT2D eigenvalue weighted by Gasteiger charge is 2.32. The van der Waals surface area contributed by atoms with Gasteiger partial charge in [-0.05, 0) is 6.42 Å². The number of methoxy groups -OCH3 is 2. The van der Waals surface area contributed by atoms with Crippen LogP contribution in [0.5, 0.6) is 0 Å². The van der Waals surface area contributed by atoms with Crippen molar-refractivity contribution in [3.05, 3.63) is 16.6 Å². The molecule has 1 heterocycles. The number of hydrogen-bond donors (Lipinski definition) is 1. The molecule has 0 saturated carbocycles. The lowest BCUT2D eigenvalue weighted by molar-refractivity contribution is 0.0952. The van der Waals surface area contributed by atoms with Gasteiger partial charge in [0.25, 0.3) is 0 Å². The molecule has 0 bridgehead atoms. The molecule has 4 nitrogen and oxygen atoms in total. The van der Waals surface area contributed by atoms with Crippen LogP contribution in [0.3, 0.4) is 0 Å². The molecule has 0 radical (unpaired) electrons. The topological polar surface area (TPSA) is 43.4 Å². The number of nitrogens with one attached hydrogen (secondary N) is 1. The van der Waals surface area contributed by atoms with Crippen molar-refractivity contribution < 1.29 is 9.47 Å². The van der Waals surface area contributed by atoms with Crippen LogP contribution in [-0.4, -0.2) is 39.0 Å². The van der Waals surface area contributed by atoms with Gasteiger partial charge in [0.05, 0.1) is 18.8 Å². The predicted molar refractivity (Wildman–Crippen MR) is 65.8 cm³/mol. The highest BCUT2D eigenvalue weighted by molar-refractivity contribution is 7.09. The first-order valence-corrected chi connectivity index (χ1v) is 6.30. The Hall–Kier alpha value is -0.490. The molecule has 1 N–H and O–H groups in total. The summed E-state index contributed by atoms with van der Waals surface area (Å²) >= 11 is 1.66. The van der Waals surface area contributed by atoms with Crippen LogP contribution in [0.25, 0.3) is 0 Å². The molecule has 1 unspecified atom stereocenters. The molecule has 1 atom stereocenters. The Bertz CT molecular complexity index is 280. The zero-order chi connectivity index (χ0) is 11.9. The number of thiazole rings is 1. The normalized spacial score (nSPS) is 14.9. The van der Waals surface area contributed by atoms with Crippen molar-refractivity contribution >= 4 is 11.3 Å². The molecule has 0 spiro atoms. The summed E-state index contributed by atoms with van der Waals surface area (Å²) in [4.78, 5) is 4.39. The smallest absolute Gasteiger partial charge is 0.115 e. The molecule has 1 rings (SSSR count). The summed E-state index contributed by atoms with van der Waals surface area (Å²) in [7, 11) is 3.42. The summed E-state index contributed by atoms with van der Waals surface area (Å²) in [6, 6.07) is 0. The molecule has 5 heteroatoms. The first-order valence-electron chi connectivity index (χ1n) is 5.42. The zero-order valence-corrected chi connectivity index (χ0v) is 11.0. The molecule has 0 amide bonds. The van der Waals surface area contributed by atoms with E-state index >= 15 is 0 Å². The van der Waals surface area contributed by atoms with Crippen molar-refractivity contribution in [2.75, 3.05) is 34.0 Å². The lowest BCUT2D eigenvalue weighted by atomic mass is 9.98. The molecular formula is C11H20N2O2S. The van der Waals surface area contributed by atoms with Crippen LogP contribution in [0.15, 0.2) is 11.6 Å². The molecule has 0 aliphatic heterocycles. The minimum Gasteiger partial charge on any atom is -0.383 e. The van der Waals surface area contributed by atoms with Gasteiger partial charge in [-0.25, -0.2) is 4.98 Å².